The zero-order valence-electron chi connectivity index (χ0n) is 9.32. The molecule has 3 heteroatoms. The molecular formula is C12H21NO2. The topological polar surface area (TPSA) is 40.5 Å². The maximum Gasteiger partial charge on any atom is 0.149 e. The number of hydrogen-bond donors (Lipinski definition) is 1. The minimum absolute atomic E-state index is 0.204. The van der Waals surface area contributed by atoms with Gasteiger partial charge in [0.1, 0.15) is 5.78 Å². The monoisotopic (exact) mass is 211 g/mol. The molecule has 1 atom stereocenters. The summed E-state index contributed by atoms with van der Waals surface area (Å²) in [5, 5.41) is 9.37. The second-order valence-electron chi connectivity index (χ2n) is 4.98. The van der Waals surface area contributed by atoms with Gasteiger partial charge in [-0.3, -0.25) is 9.69 Å². The number of β-amino-alcohol motifs (C(OH)–C–C–N with tert-alkyl or cyclic N) is 1. The Morgan fingerprint density at radius 2 is 1.93 bits per heavy atom. The van der Waals surface area contributed by atoms with Crippen LogP contribution in [0.5, 0.6) is 0 Å². The molecule has 1 aliphatic carbocycles. The third kappa shape index (κ3) is 3.02. The summed E-state index contributed by atoms with van der Waals surface area (Å²) in [4.78, 5) is 14.0. The van der Waals surface area contributed by atoms with Crippen molar-refractivity contribution in [3.05, 3.63) is 0 Å². The van der Waals surface area contributed by atoms with E-state index in [0.717, 1.165) is 25.8 Å². The third-order valence-corrected chi connectivity index (χ3v) is 3.69. The van der Waals surface area contributed by atoms with Crippen LogP contribution in [-0.2, 0) is 4.79 Å². The Bertz CT molecular complexity index is 224. The third-order valence-electron chi connectivity index (χ3n) is 3.69. The molecule has 0 aromatic heterocycles. The van der Waals surface area contributed by atoms with Crippen LogP contribution in [0.4, 0.5) is 0 Å². The molecule has 1 unspecified atom stereocenters. The number of carbonyl (C=O) groups is 1. The average molecular weight is 211 g/mol. The molecular weight excluding hydrogens is 190 g/mol. The van der Waals surface area contributed by atoms with Crippen molar-refractivity contribution in [3.63, 3.8) is 0 Å². The van der Waals surface area contributed by atoms with Gasteiger partial charge in [-0.15, -0.1) is 0 Å². The van der Waals surface area contributed by atoms with Gasteiger partial charge in [0.15, 0.2) is 0 Å². The highest BCUT2D eigenvalue weighted by Crippen LogP contribution is 2.25. The van der Waals surface area contributed by atoms with Gasteiger partial charge in [-0.25, -0.2) is 0 Å². The van der Waals surface area contributed by atoms with Gasteiger partial charge in [0.05, 0.1) is 12.6 Å². The Morgan fingerprint density at radius 3 is 2.53 bits per heavy atom. The van der Waals surface area contributed by atoms with Gasteiger partial charge in [-0.1, -0.05) is 19.3 Å². The summed E-state index contributed by atoms with van der Waals surface area (Å²) in [6, 6.07) is 0. The van der Waals surface area contributed by atoms with Crippen LogP contribution in [0.1, 0.15) is 38.5 Å². The fourth-order valence-electron chi connectivity index (χ4n) is 2.73. The first-order valence-corrected chi connectivity index (χ1v) is 6.19. The van der Waals surface area contributed by atoms with Crippen LogP contribution in [0.25, 0.3) is 0 Å². The number of hydrogen-bond acceptors (Lipinski definition) is 3. The van der Waals surface area contributed by atoms with E-state index in [2.05, 4.69) is 4.90 Å². The first-order chi connectivity index (χ1) is 7.25. The summed E-state index contributed by atoms with van der Waals surface area (Å²) in [6.45, 7) is 2.15. The fourth-order valence-corrected chi connectivity index (χ4v) is 2.73. The number of carbonyl (C=O) groups excluding carboxylic acids is 1. The summed E-state index contributed by atoms with van der Waals surface area (Å²) >= 11 is 0. The van der Waals surface area contributed by atoms with E-state index in [1.54, 1.807) is 0 Å². The highest BCUT2D eigenvalue weighted by atomic mass is 16.3. The zero-order valence-corrected chi connectivity index (χ0v) is 9.32. The Morgan fingerprint density at radius 1 is 1.20 bits per heavy atom. The predicted molar refractivity (Wildman–Crippen MR) is 58.6 cm³/mol. The van der Waals surface area contributed by atoms with Crippen molar-refractivity contribution in [2.45, 2.75) is 44.6 Å². The second kappa shape index (κ2) is 5.08. The molecule has 1 saturated carbocycles. The molecule has 1 saturated heterocycles. The van der Waals surface area contributed by atoms with Gasteiger partial charge in [-0.05, 0) is 19.3 Å². The first-order valence-electron chi connectivity index (χ1n) is 6.19. The number of nitrogens with zero attached hydrogens (tertiary/aromatic N) is 1. The molecule has 0 aromatic carbocycles. The zero-order chi connectivity index (χ0) is 10.7. The summed E-state index contributed by atoms with van der Waals surface area (Å²) in [5.41, 5.74) is 0. The lowest BCUT2D eigenvalue weighted by atomic mass is 9.86. The molecule has 0 bridgehead atoms. The van der Waals surface area contributed by atoms with Gasteiger partial charge in [0, 0.05) is 19.0 Å². The van der Waals surface area contributed by atoms with E-state index >= 15 is 0 Å². The minimum Gasteiger partial charge on any atom is -0.392 e. The van der Waals surface area contributed by atoms with E-state index < -0.39 is 0 Å². The molecule has 0 spiro atoms. The van der Waals surface area contributed by atoms with Crippen LogP contribution in [0.15, 0.2) is 0 Å². The lowest BCUT2D eigenvalue weighted by Crippen LogP contribution is -2.33. The Labute approximate surface area is 91.5 Å². The number of aliphatic hydroxyl groups excluding tert-OH is 1. The molecule has 0 aromatic rings. The van der Waals surface area contributed by atoms with Gasteiger partial charge in [0.2, 0.25) is 0 Å². The normalized spacial score (nSPS) is 29.5. The molecule has 2 aliphatic rings. The van der Waals surface area contributed by atoms with Crippen molar-refractivity contribution in [3.8, 4) is 0 Å². The van der Waals surface area contributed by atoms with Crippen molar-refractivity contribution in [1.82, 2.24) is 4.90 Å². The van der Waals surface area contributed by atoms with Gasteiger partial charge < -0.3 is 5.11 Å². The van der Waals surface area contributed by atoms with Crippen LogP contribution in [-0.4, -0.2) is 41.5 Å². The number of ketones is 1. The van der Waals surface area contributed by atoms with Crippen molar-refractivity contribution in [2.75, 3.05) is 19.6 Å². The smallest absolute Gasteiger partial charge is 0.149 e. The highest BCUT2D eigenvalue weighted by molar-refractivity contribution is 5.83. The summed E-state index contributed by atoms with van der Waals surface area (Å²) < 4.78 is 0. The van der Waals surface area contributed by atoms with E-state index in [1.165, 1.54) is 19.3 Å². The van der Waals surface area contributed by atoms with Gasteiger partial charge in [0.25, 0.3) is 0 Å². The molecule has 3 nitrogen and oxygen atoms in total. The summed E-state index contributed by atoms with van der Waals surface area (Å²) in [7, 11) is 0. The second-order valence-corrected chi connectivity index (χ2v) is 4.98. The Balaban J connectivity index is 1.76. The van der Waals surface area contributed by atoms with Crippen molar-refractivity contribution in [1.29, 1.82) is 0 Å². The number of Topliss-reactive ketones (excluding diaryl/α,β-unsaturated/α-hetero) is 1. The van der Waals surface area contributed by atoms with Crippen LogP contribution < -0.4 is 0 Å². The average Bonchev–Trinajstić information content (AvgIpc) is 2.65. The van der Waals surface area contributed by atoms with Crippen LogP contribution >= 0.6 is 0 Å². The summed E-state index contributed by atoms with van der Waals surface area (Å²) in [6.07, 6.45) is 6.55. The minimum atomic E-state index is -0.204. The number of aliphatic hydroxyl groups is 1. The quantitative estimate of drug-likeness (QED) is 0.762. The van der Waals surface area contributed by atoms with E-state index in [4.69, 9.17) is 0 Å². The Hall–Kier alpha value is -0.410. The molecule has 2 fully saturated rings. The van der Waals surface area contributed by atoms with E-state index in [0.29, 0.717) is 24.8 Å². The molecule has 1 N–H and O–H groups in total. The summed E-state index contributed by atoms with van der Waals surface area (Å²) in [5.74, 6) is 0.722. The van der Waals surface area contributed by atoms with Gasteiger partial charge in [-0.2, -0.15) is 0 Å². The maximum atomic E-state index is 11.9. The van der Waals surface area contributed by atoms with Crippen molar-refractivity contribution in [2.24, 2.45) is 5.92 Å². The molecule has 86 valence electrons. The number of rotatable bonds is 3. The lowest BCUT2D eigenvalue weighted by molar-refractivity contribution is -0.124. The van der Waals surface area contributed by atoms with E-state index in [9.17, 15) is 9.90 Å². The van der Waals surface area contributed by atoms with Gasteiger partial charge >= 0.3 is 0 Å². The molecule has 1 heterocycles. The SMILES string of the molecule is O=C(CN1CCC(O)C1)C1CCCCC1. The highest BCUT2D eigenvalue weighted by Gasteiger charge is 2.26. The molecule has 15 heavy (non-hydrogen) atoms. The maximum absolute atomic E-state index is 11.9. The first kappa shape index (κ1) is 11.1. The predicted octanol–water partition coefficient (Wildman–Crippen LogP) is 1.20. The molecule has 2 rings (SSSR count). The largest absolute Gasteiger partial charge is 0.392 e. The van der Waals surface area contributed by atoms with Crippen LogP contribution in [0.3, 0.4) is 0 Å². The van der Waals surface area contributed by atoms with E-state index in [1.807, 2.05) is 0 Å². The lowest BCUT2D eigenvalue weighted by Gasteiger charge is -2.23. The molecule has 1 aliphatic heterocycles. The standard InChI is InChI=1S/C12H21NO2/c14-11-6-7-13(8-11)9-12(15)10-4-2-1-3-5-10/h10-11,14H,1-9H2. The van der Waals surface area contributed by atoms with Crippen molar-refractivity contribution >= 4 is 5.78 Å². The molecule has 0 radical (unpaired) electrons. The fraction of sp³-hybridized carbons (Fsp3) is 0.917. The number of likely N-dealkylation sites (tertiary alicyclic amines) is 1. The Kier molecular flexibility index (Phi) is 3.76. The molecule has 0 amide bonds. The van der Waals surface area contributed by atoms with Crippen LogP contribution in [0, 0.1) is 5.92 Å². The van der Waals surface area contributed by atoms with Crippen LogP contribution in [0.2, 0.25) is 0 Å². The van der Waals surface area contributed by atoms with E-state index in [-0.39, 0.29) is 6.10 Å². The van der Waals surface area contributed by atoms with Crippen molar-refractivity contribution < 1.29 is 9.90 Å².